The number of aromatic nitrogens is 5. The standard InChI is InChI=1S/C22H22FN5O5S/c1-14(21-24-10-15(23)11-25-21)12-34(29,30)13-19-26-27-22(18-8-5-9-33-18)28(19)20-16(31-2)6-4-7-17(20)32-3/h4-11,14H,12-13H2,1-3H3/t14-/m0/s1. The van der Waals surface area contributed by atoms with E-state index in [9.17, 15) is 12.8 Å². The highest BCUT2D eigenvalue weighted by atomic mass is 32.2. The Kier molecular flexibility index (Phi) is 6.59. The van der Waals surface area contributed by atoms with Crippen molar-refractivity contribution in [3.63, 3.8) is 0 Å². The molecule has 1 aromatic carbocycles. The van der Waals surface area contributed by atoms with Gasteiger partial charge in [-0.25, -0.2) is 22.8 Å². The first-order valence-corrected chi connectivity index (χ1v) is 12.0. The molecule has 0 amide bonds. The molecule has 0 saturated carbocycles. The van der Waals surface area contributed by atoms with Crippen LogP contribution < -0.4 is 9.47 Å². The average Bonchev–Trinajstić information content (AvgIpc) is 3.48. The Balaban J connectivity index is 1.76. The number of benzene rings is 1. The molecule has 0 N–H and O–H groups in total. The highest BCUT2D eigenvalue weighted by Crippen LogP contribution is 2.36. The van der Waals surface area contributed by atoms with E-state index in [1.165, 1.54) is 20.5 Å². The Morgan fingerprint density at radius 2 is 1.74 bits per heavy atom. The smallest absolute Gasteiger partial charge is 0.204 e. The van der Waals surface area contributed by atoms with Crippen molar-refractivity contribution in [3.8, 4) is 28.8 Å². The van der Waals surface area contributed by atoms with Gasteiger partial charge in [-0.1, -0.05) is 13.0 Å². The molecular weight excluding hydrogens is 465 g/mol. The summed E-state index contributed by atoms with van der Waals surface area (Å²) in [5, 5.41) is 8.35. The fourth-order valence-electron chi connectivity index (χ4n) is 3.55. The summed E-state index contributed by atoms with van der Waals surface area (Å²) in [5.41, 5.74) is 0.434. The molecule has 3 heterocycles. The number of ether oxygens (including phenoxy) is 2. The zero-order valence-electron chi connectivity index (χ0n) is 18.7. The fraction of sp³-hybridized carbons (Fsp3) is 0.273. The molecular formula is C22H22FN5O5S. The molecule has 4 rings (SSSR count). The van der Waals surface area contributed by atoms with Crippen LogP contribution in [0, 0.1) is 5.82 Å². The maximum atomic E-state index is 13.1. The lowest BCUT2D eigenvalue weighted by atomic mass is 10.2. The van der Waals surface area contributed by atoms with Gasteiger partial charge in [0.1, 0.15) is 28.8 Å². The van der Waals surface area contributed by atoms with E-state index in [-0.39, 0.29) is 23.2 Å². The average molecular weight is 488 g/mol. The molecule has 4 aromatic rings. The zero-order valence-corrected chi connectivity index (χ0v) is 19.5. The lowest BCUT2D eigenvalue weighted by Crippen LogP contribution is -2.19. The molecule has 10 nitrogen and oxygen atoms in total. The van der Waals surface area contributed by atoms with Crippen LogP contribution in [0.25, 0.3) is 17.3 Å². The van der Waals surface area contributed by atoms with Crippen LogP contribution >= 0.6 is 0 Å². The highest BCUT2D eigenvalue weighted by Gasteiger charge is 2.28. The summed E-state index contributed by atoms with van der Waals surface area (Å²) in [6, 6.07) is 8.56. The summed E-state index contributed by atoms with van der Waals surface area (Å²) in [6.45, 7) is 1.66. The number of furan rings is 1. The number of rotatable bonds is 9. The molecule has 0 spiro atoms. The van der Waals surface area contributed by atoms with E-state index < -0.39 is 27.3 Å². The number of halogens is 1. The lowest BCUT2D eigenvalue weighted by Gasteiger charge is -2.17. The monoisotopic (exact) mass is 487 g/mol. The number of para-hydroxylation sites is 1. The molecule has 0 saturated heterocycles. The largest absolute Gasteiger partial charge is 0.494 e. The van der Waals surface area contributed by atoms with Gasteiger partial charge in [-0.15, -0.1) is 10.2 Å². The normalized spacial score (nSPS) is 12.5. The van der Waals surface area contributed by atoms with E-state index in [0.717, 1.165) is 12.4 Å². The first kappa shape index (κ1) is 23.4. The van der Waals surface area contributed by atoms with Gasteiger partial charge in [0.05, 0.1) is 38.6 Å². The Bertz CT molecular complexity index is 1350. The molecule has 0 fully saturated rings. The van der Waals surface area contributed by atoms with Crippen molar-refractivity contribution in [2.24, 2.45) is 0 Å². The summed E-state index contributed by atoms with van der Waals surface area (Å²) in [7, 11) is -0.735. The quantitative estimate of drug-likeness (QED) is 0.350. The molecule has 3 aromatic heterocycles. The van der Waals surface area contributed by atoms with E-state index >= 15 is 0 Å². The van der Waals surface area contributed by atoms with E-state index in [2.05, 4.69) is 20.2 Å². The maximum absolute atomic E-state index is 13.1. The predicted molar refractivity (Wildman–Crippen MR) is 120 cm³/mol. The van der Waals surface area contributed by atoms with Crippen LogP contribution in [0.5, 0.6) is 11.5 Å². The number of methoxy groups -OCH3 is 2. The van der Waals surface area contributed by atoms with E-state index in [1.807, 2.05) is 0 Å². The second-order valence-electron chi connectivity index (χ2n) is 7.48. The number of hydrogen-bond donors (Lipinski definition) is 0. The van der Waals surface area contributed by atoms with Gasteiger partial charge in [0, 0.05) is 5.92 Å². The summed E-state index contributed by atoms with van der Waals surface area (Å²) in [4.78, 5) is 7.78. The molecule has 0 radical (unpaired) electrons. The second-order valence-corrected chi connectivity index (χ2v) is 9.59. The molecule has 1 atom stereocenters. The second kappa shape index (κ2) is 9.59. The highest BCUT2D eigenvalue weighted by molar-refractivity contribution is 7.90. The van der Waals surface area contributed by atoms with Crippen molar-refractivity contribution in [1.82, 2.24) is 24.7 Å². The third-order valence-electron chi connectivity index (χ3n) is 5.03. The van der Waals surface area contributed by atoms with Crippen LogP contribution in [0.3, 0.4) is 0 Å². The molecule has 0 aliphatic heterocycles. The third kappa shape index (κ3) is 4.76. The molecule has 0 aliphatic rings. The van der Waals surface area contributed by atoms with Gasteiger partial charge >= 0.3 is 0 Å². The number of sulfone groups is 1. The van der Waals surface area contributed by atoms with Gasteiger partial charge in [0.15, 0.2) is 27.2 Å². The summed E-state index contributed by atoms with van der Waals surface area (Å²) >= 11 is 0. The Morgan fingerprint density at radius 1 is 1.06 bits per heavy atom. The van der Waals surface area contributed by atoms with Crippen LogP contribution in [-0.4, -0.2) is 53.1 Å². The molecule has 12 heteroatoms. The fourth-order valence-corrected chi connectivity index (χ4v) is 5.16. The summed E-state index contributed by atoms with van der Waals surface area (Å²) < 4.78 is 57.5. The van der Waals surface area contributed by atoms with Gasteiger partial charge in [-0.05, 0) is 24.3 Å². The van der Waals surface area contributed by atoms with Gasteiger partial charge in [-0.2, -0.15) is 0 Å². The lowest BCUT2D eigenvalue weighted by molar-refractivity contribution is 0.390. The molecule has 34 heavy (non-hydrogen) atoms. The van der Waals surface area contributed by atoms with Gasteiger partial charge in [0.2, 0.25) is 5.82 Å². The van der Waals surface area contributed by atoms with Gasteiger partial charge in [0.25, 0.3) is 0 Å². The topological polar surface area (TPSA) is 122 Å². The maximum Gasteiger partial charge on any atom is 0.204 e. The number of nitrogens with zero attached hydrogens (tertiary/aromatic N) is 5. The van der Waals surface area contributed by atoms with Crippen LogP contribution in [0.1, 0.15) is 24.5 Å². The van der Waals surface area contributed by atoms with Crippen molar-refractivity contribution in [2.75, 3.05) is 20.0 Å². The van der Waals surface area contributed by atoms with E-state index in [1.54, 1.807) is 41.8 Å². The van der Waals surface area contributed by atoms with Gasteiger partial charge < -0.3 is 13.9 Å². The predicted octanol–water partition coefficient (Wildman–Crippen LogP) is 3.19. The number of hydrogen-bond acceptors (Lipinski definition) is 9. The van der Waals surface area contributed by atoms with Crippen molar-refractivity contribution in [1.29, 1.82) is 0 Å². The van der Waals surface area contributed by atoms with Crippen LogP contribution in [0.4, 0.5) is 4.39 Å². The molecule has 0 unspecified atom stereocenters. The summed E-state index contributed by atoms with van der Waals surface area (Å²) in [5.74, 6) is 0.0337. The van der Waals surface area contributed by atoms with Crippen LogP contribution in [-0.2, 0) is 15.6 Å². The van der Waals surface area contributed by atoms with Crippen molar-refractivity contribution in [2.45, 2.75) is 18.6 Å². The van der Waals surface area contributed by atoms with Crippen molar-refractivity contribution >= 4 is 9.84 Å². The molecule has 178 valence electrons. The van der Waals surface area contributed by atoms with Crippen molar-refractivity contribution < 1.29 is 26.7 Å². The minimum Gasteiger partial charge on any atom is -0.494 e. The van der Waals surface area contributed by atoms with Crippen LogP contribution in [0.2, 0.25) is 0 Å². The van der Waals surface area contributed by atoms with Gasteiger partial charge in [-0.3, -0.25) is 4.57 Å². The first-order chi connectivity index (χ1) is 16.3. The van der Waals surface area contributed by atoms with E-state index in [4.69, 9.17) is 13.9 Å². The zero-order chi connectivity index (χ0) is 24.3. The SMILES string of the molecule is COc1cccc(OC)c1-n1c(CS(=O)(=O)C[C@H](C)c2ncc(F)cn2)nnc1-c1ccco1. The van der Waals surface area contributed by atoms with E-state index in [0.29, 0.717) is 22.9 Å². The molecule has 0 aliphatic carbocycles. The Morgan fingerprint density at radius 3 is 2.32 bits per heavy atom. The Hall–Kier alpha value is -3.80. The van der Waals surface area contributed by atoms with Crippen molar-refractivity contribution in [3.05, 3.63) is 66.5 Å². The summed E-state index contributed by atoms with van der Waals surface area (Å²) in [6.07, 6.45) is 3.49. The van der Waals surface area contributed by atoms with Crippen LogP contribution in [0.15, 0.2) is 53.4 Å². The minimum absolute atomic E-state index is 0.140. The Labute approximate surface area is 195 Å². The third-order valence-corrected chi connectivity index (χ3v) is 6.74. The molecule has 0 bridgehead atoms. The first-order valence-electron chi connectivity index (χ1n) is 10.2. The minimum atomic E-state index is -3.73.